The molecule has 8 nitrogen and oxygen atoms in total. The number of benzene rings is 3. The average molecular weight is 545 g/mol. The lowest BCUT2D eigenvalue weighted by atomic mass is 10.1. The van der Waals surface area contributed by atoms with E-state index in [1.165, 1.54) is 42.1 Å². The van der Waals surface area contributed by atoms with Gasteiger partial charge in [-0.3, -0.25) is 14.4 Å². The van der Waals surface area contributed by atoms with Crippen LogP contribution < -0.4 is 16.0 Å². The highest BCUT2D eigenvalue weighted by Crippen LogP contribution is 2.26. The van der Waals surface area contributed by atoms with E-state index in [0.717, 1.165) is 4.90 Å². The van der Waals surface area contributed by atoms with Crippen molar-refractivity contribution in [2.24, 2.45) is 0 Å². The lowest BCUT2D eigenvalue weighted by Gasteiger charge is -2.13. The van der Waals surface area contributed by atoms with Crippen LogP contribution in [0.3, 0.4) is 0 Å². The van der Waals surface area contributed by atoms with E-state index >= 15 is 0 Å². The maximum atomic E-state index is 13.4. The lowest BCUT2D eigenvalue weighted by molar-refractivity contribution is -0.115. The first-order valence-electron chi connectivity index (χ1n) is 11.9. The third-order valence-electron chi connectivity index (χ3n) is 5.38. The Balaban J connectivity index is 1.43. The normalized spacial score (nSPS) is 11.9. The number of thioether (sulfide) groups is 1. The lowest BCUT2D eigenvalue weighted by Crippen LogP contribution is -2.30. The molecular weight excluding hydrogens is 519 g/mol. The maximum Gasteiger partial charge on any atom is 0.272 e. The Hall–Kier alpha value is -4.70. The van der Waals surface area contributed by atoms with Crippen molar-refractivity contribution in [1.29, 1.82) is 0 Å². The van der Waals surface area contributed by atoms with Gasteiger partial charge in [-0.05, 0) is 74.0 Å². The van der Waals surface area contributed by atoms with Crippen LogP contribution in [0.25, 0.3) is 6.08 Å². The molecule has 0 saturated carbocycles. The maximum absolute atomic E-state index is 13.4. The summed E-state index contributed by atoms with van der Waals surface area (Å²) in [5, 5.41) is 11.5. The van der Waals surface area contributed by atoms with Gasteiger partial charge in [0.1, 0.15) is 17.3 Å². The molecule has 0 aliphatic rings. The number of carbonyl (C=O) groups is 3. The van der Waals surface area contributed by atoms with Gasteiger partial charge in [0.05, 0.1) is 5.25 Å². The second kappa shape index (κ2) is 12.7. The number of nitrogens with zero attached hydrogens (tertiary/aromatic N) is 1. The summed E-state index contributed by atoms with van der Waals surface area (Å²) < 4.78 is 18.3. The fourth-order valence-electron chi connectivity index (χ4n) is 3.39. The molecule has 0 spiro atoms. The molecule has 3 amide bonds. The zero-order valence-corrected chi connectivity index (χ0v) is 21.9. The molecule has 3 aromatic carbocycles. The number of carbonyl (C=O) groups excluding carboxylic acids is 3. The van der Waals surface area contributed by atoms with Crippen molar-refractivity contribution < 1.29 is 23.3 Å². The van der Waals surface area contributed by atoms with Crippen molar-refractivity contribution in [2.75, 3.05) is 10.6 Å². The average Bonchev–Trinajstić information content (AvgIpc) is 3.35. The molecule has 0 bridgehead atoms. The molecule has 198 valence electrons. The van der Waals surface area contributed by atoms with Crippen molar-refractivity contribution in [3.05, 3.63) is 113 Å². The monoisotopic (exact) mass is 544 g/mol. The molecule has 1 heterocycles. The van der Waals surface area contributed by atoms with Crippen LogP contribution in [0.1, 0.15) is 28.6 Å². The first-order chi connectivity index (χ1) is 18.8. The molecule has 0 aliphatic carbocycles. The van der Waals surface area contributed by atoms with Gasteiger partial charge in [-0.1, -0.05) is 35.5 Å². The minimum absolute atomic E-state index is 0.0118. The van der Waals surface area contributed by atoms with Crippen molar-refractivity contribution in [3.63, 3.8) is 0 Å². The Morgan fingerprint density at radius 3 is 2.28 bits per heavy atom. The van der Waals surface area contributed by atoms with Gasteiger partial charge in [0, 0.05) is 22.2 Å². The summed E-state index contributed by atoms with van der Waals surface area (Å²) in [7, 11) is 0. The quantitative estimate of drug-likeness (QED) is 0.185. The fraction of sp³-hybridized carbons (Fsp3) is 0.103. The van der Waals surface area contributed by atoms with Crippen molar-refractivity contribution in [3.8, 4) is 0 Å². The van der Waals surface area contributed by atoms with Crippen LogP contribution in [0.15, 0.2) is 100 Å². The summed E-state index contributed by atoms with van der Waals surface area (Å²) >= 11 is 1.34. The van der Waals surface area contributed by atoms with E-state index < -0.39 is 22.9 Å². The zero-order valence-electron chi connectivity index (χ0n) is 21.1. The summed E-state index contributed by atoms with van der Waals surface area (Å²) in [5.74, 6) is -0.705. The summed E-state index contributed by atoms with van der Waals surface area (Å²) in [6, 6.07) is 22.6. The Bertz CT molecular complexity index is 1490. The van der Waals surface area contributed by atoms with Crippen molar-refractivity contribution in [2.45, 2.75) is 24.0 Å². The summed E-state index contributed by atoms with van der Waals surface area (Å²) in [6.07, 6.45) is 1.47. The Morgan fingerprint density at radius 1 is 0.949 bits per heavy atom. The molecule has 0 radical (unpaired) electrons. The third-order valence-corrected chi connectivity index (χ3v) is 6.50. The van der Waals surface area contributed by atoms with E-state index in [4.69, 9.17) is 4.52 Å². The number of hydrogen-bond acceptors (Lipinski definition) is 6. The van der Waals surface area contributed by atoms with Gasteiger partial charge in [0.15, 0.2) is 5.82 Å². The van der Waals surface area contributed by atoms with Gasteiger partial charge in [-0.15, -0.1) is 11.8 Å². The van der Waals surface area contributed by atoms with Crippen LogP contribution in [0.4, 0.5) is 15.9 Å². The summed E-state index contributed by atoms with van der Waals surface area (Å²) in [4.78, 5) is 39.1. The molecule has 0 saturated heterocycles. The van der Waals surface area contributed by atoms with E-state index in [1.54, 1.807) is 74.5 Å². The molecule has 1 atom stereocenters. The Morgan fingerprint density at radius 2 is 1.64 bits per heavy atom. The smallest absolute Gasteiger partial charge is 0.272 e. The minimum Gasteiger partial charge on any atom is -0.360 e. The van der Waals surface area contributed by atoms with E-state index in [0.29, 0.717) is 28.4 Å². The second-order valence-electron chi connectivity index (χ2n) is 8.48. The first kappa shape index (κ1) is 27.3. The number of amides is 3. The molecule has 4 rings (SSSR count). The number of rotatable bonds is 9. The van der Waals surface area contributed by atoms with Gasteiger partial charge in [0.25, 0.3) is 11.8 Å². The summed E-state index contributed by atoms with van der Waals surface area (Å²) in [6.45, 7) is 3.50. The largest absolute Gasteiger partial charge is 0.360 e. The molecule has 0 fully saturated rings. The van der Waals surface area contributed by atoms with Gasteiger partial charge in [-0.25, -0.2) is 4.39 Å². The number of aromatic nitrogens is 1. The molecule has 3 N–H and O–H groups in total. The van der Waals surface area contributed by atoms with Gasteiger partial charge >= 0.3 is 0 Å². The number of anilines is 2. The Labute approximate surface area is 228 Å². The number of halogens is 1. The SMILES string of the molecule is Cc1cc(NC(=O)C(C)Sc2ccc(NC(=O)/C(=C/c3ccc(F)cc3)NC(=O)c3ccccc3)cc2)no1. The van der Waals surface area contributed by atoms with E-state index in [1.807, 2.05) is 0 Å². The van der Waals surface area contributed by atoms with Gasteiger partial charge < -0.3 is 20.5 Å². The fourth-order valence-corrected chi connectivity index (χ4v) is 4.26. The van der Waals surface area contributed by atoms with Crippen LogP contribution in [-0.2, 0) is 9.59 Å². The first-order valence-corrected chi connectivity index (χ1v) is 12.8. The molecule has 0 aliphatic heterocycles. The highest BCUT2D eigenvalue weighted by Gasteiger charge is 2.17. The zero-order chi connectivity index (χ0) is 27.8. The topological polar surface area (TPSA) is 113 Å². The number of aryl methyl sites for hydroxylation is 1. The Kier molecular flexibility index (Phi) is 8.90. The third kappa shape index (κ3) is 7.89. The van der Waals surface area contributed by atoms with E-state index in [9.17, 15) is 18.8 Å². The van der Waals surface area contributed by atoms with E-state index in [-0.39, 0.29) is 11.6 Å². The minimum atomic E-state index is -0.556. The summed E-state index contributed by atoms with van der Waals surface area (Å²) in [5.41, 5.74) is 1.39. The molecule has 39 heavy (non-hydrogen) atoms. The predicted octanol–water partition coefficient (Wildman–Crippen LogP) is 5.65. The highest BCUT2D eigenvalue weighted by atomic mass is 32.2. The highest BCUT2D eigenvalue weighted by molar-refractivity contribution is 8.00. The van der Waals surface area contributed by atoms with Crippen LogP contribution >= 0.6 is 11.8 Å². The van der Waals surface area contributed by atoms with Gasteiger partial charge in [-0.2, -0.15) is 0 Å². The second-order valence-corrected chi connectivity index (χ2v) is 9.89. The van der Waals surface area contributed by atoms with Crippen molar-refractivity contribution >= 4 is 47.1 Å². The van der Waals surface area contributed by atoms with Gasteiger partial charge in [0.2, 0.25) is 5.91 Å². The molecule has 4 aromatic rings. The van der Waals surface area contributed by atoms with Crippen LogP contribution in [-0.4, -0.2) is 28.1 Å². The van der Waals surface area contributed by atoms with Crippen molar-refractivity contribution in [1.82, 2.24) is 10.5 Å². The molecule has 10 heteroatoms. The number of nitrogens with one attached hydrogen (secondary N) is 3. The molecule has 1 aromatic heterocycles. The molecule has 1 unspecified atom stereocenters. The van der Waals surface area contributed by atoms with Crippen LogP contribution in [0, 0.1) is 12.7 Å². The number of hydrogen-bond donors (Lipinski definition) is 3. The van der Waals surface area contributed by atoms with Crippen LogP contribution in [0.5, 0.6) is 0 Å². The predicted molar refractivity (Wildman–Crippen MR) is 149 cm³/mol. The standard InChI is InChI=1S/C29H25FN4O4S/c1-18-16-26(34-38-18)33-27(35)19(2)39-24-14-12-23(13-15-24)31-29(37)25(17-20-8-10-22(30)11-9-20)32-28(36)21-6-4-3-5-7-21/h3-17,19H,1-2H3,(H,31,37)(H,32,36)(H,33,34,35)/b25-17-. The van der Waals surface area contributed by atoms with Crippen LogP contribution in [0.2, 0.25) is 0 Å². The molecular formula is C29H25FN4O4S. The van der Waals surface area contributed by atoms with E-state index in [2.05, 4.69) is 21.1 Å².